The van der Waals surface area contributed by atoms with Crippen molar-refractivity contribution < 1.29 is 9.53 Å². The SMILES string of the molecule is Cc1ccc(OC2CCN(C(=O)Nc3cccs3)C2)nc1. The first-order chi connectivity index (χ1) is 10.2. The number of hydrogen-bond donors (Lipinski definition) is 1. The van der Waals surface area contributed by atoms with Crippen LogP contribution in [0.25, 0.3) is 0 Å². The van der Waals surface area contributed by atoms with Crippen LogP contribution in [-0.4, -0.2) is 35.1 Å². The van der Waals surface area contributed by atoms with Gasteiger partial charge >= 0.3 is 6.03 Å². The molecule has 2 aromatic rings. The molecule has 3 rings (SSSR count). The number of anilines is 1. The Morgan fingerprint density at radius 1 is 1.48 bits per heavy atom. The first-order valence-corrected chi connectivity index (χ1v) is 7.77. The lowest BCUT2D eigenvalue weighted by molar-refractivity contribution is 0.190. The summed E-state index contributed by atoms with van der Waals surface area (Å²) >= 11 is 1.51. The second-order valence-electron chi connectivity index (χ2n) is 5.06. The number of carbonyl (C=O) groups is 1. The second kappa shape index (κ2) is 6.13. The third-order valence-corrected chi connectivity index (χ3v) is 4.14. The maximum absolute atomic E-state index is 12.1. The van der Waals surface area contributed by atoms with Crippen LogP contribution < -0.4 is 10.1 Å². The van der Waals surface area contributed by atoms with Gasteiger partial charge in [0.25, 0.3) is 0 Å². The van der Waals surface area contributed by atoms with Crippen molar-refractivity contribution in [2.45, 2.75) is 19.4 Å². The quantitative estimate of drug-likeness (QED) is 0.947. The first kappa shape index (κ1) is 13.9. The monoisotopic (exact) mass is 303 g/mol. The molecule has 0 saturated carbocycles. The van der Waals surface area contributed by atoms with E-state index in [1.165, 1.54) is 11.3 Å². The van der Waals surface area contributed by atoms with Gasteiger partial charge in [-0.05, 0) is 30.0 Å². The zero-order chi connectivity index (χ0) is 14.7. The minimum atomic E-state index is -0.0691. The smallest absolute Gasteiger partial charge is 0.322 e. The zero-order valence-corrected chi connectivity index (χ0v) is 12.6. The van der Waals surface area contributed by atoms with Crippen molar-refractivity contribution in [3.8, 4) is 5.88 Å². The minimum Gasteiger partial charge on any atom is -0.472 e. The van der Waals surface area contributed by atoms with Gasteiger partial charge in [0, 0.05) is 25.2 Å². The molecule has 1 atom stereocenters. The molecule has 6 heteroatoms. The molecular formula is C15H17N3O2S. The van der Waals surface area contributed by atoms with E-state index < -0.39 is 0 Å². The fraction of sp³-hybridized carbons (Fsp3) is 0.333. The standard InChI is InChI=1S/C15H17N3O2S/c1-11-4-5-13(16-9-11)20-12-6-7-18(10-12)15(19)17-14-3-2-8-21-14/h2-5,8-9,12H,6-7,10H2,1H3,(H,17,19). The molecule has 1 unspecified atom stereocenters. The molecule has 2 amide bonds. The molecule has 1 saturated heterocycles. The van der Waals surface area contributed by atoms with E-state index in [1.807, 2.05) is 36.6 Å². The van der Waals surface area contributed by atoms with E-state index in [0.717, 1.165) is 17.0 Å². The highest BCUT2D eigenvalue weighted by molar-refractivity contribution is 7.14. The second-order valence-corrected chi connectivity index (χ2v) is 6.00. The van der Waals surface area contributed by atoms with Crippen molar-refractivity contribution in [2.24, 2.45) is 0 Å². The number of ether oxygens (including phenoxy) is 1. The molecule has 0 aliphatic carbocycles. The van der Waals surface area contributed by atoms with Crippen LogP contribution in [0.1, 0.15) is 12.0 Å². The van der Waals surface area contributed by atoms with E-state index in [-0.39, 0.29) is 12.1 Å². The summed E-state index contributed by atoms with van der Waals surface area (Å²) in [6, 6.07) is 7.57. The van der Waals surface area contributed by atoms with E-state index >= 15 is 0 Å². The molecule has 0 spiro atoms. The van der Waals surface area contributed by atoms with Crippen LogP contribution in [0.5, 0.6) is 5.88 Å². The Hall–Kier alpha value is -2.08. The lowest BCUT2D eigenvalue weighted by atomic mass is 10.3. The summed E-state index contributed by atoms with van der Waals surface area (Å²) in [5, 5.41) is 5.69. The number of aryl methyl sites for hydroxylation is 1. The Morgan fingerprint density at radius 2 is 2.38 bits per heavy atom. The van der Waals surface area contributed by atoms with E-state index in [4.69, 9.17) is 4.74 Å². The van der Waals surface area contributed by atoms with E-state index in [0.29, 0.717) is 19.0 Å². The molecule has 2 aromatic heterocycles. The summed E-state index contributed by atoms with van der Waals surface area (Å²) < 4.78 is 5.82. The number of rotatable bonds is 3. The Balaban J connectivity index is 1.53. The van der Waals surface area contributed by atoms with Gasteiger partial charge in [0.15, 0.2) is 0 Å². The third-order valence-electron chi connectivity index (χ3n) is 3.36. The number of thiophene rings is 1. The van der Waals surface area contributed by atoms with Crippen LogP contribution in [-0.2, 0) is 0 Å². The number of urea groups is 1. The van der Waals surface area contributed by atoms with E-state index in [9.17, 15) is 4.79 Å². The maximum Gasteiger partial charge on any atom is 0.322 e. The van der Waals surface area contributed by atoms with Gasteiger partial charge in [-0.25, -0.2) is 9.78 Å². The largest absolute Gasteiger partial charge is 0.472 e. The Kier molecular flexibility index (Phi) is 4.06. The number of carbonyl (C=O) groups excluding carboxylic acids is 1. The molecule has 1 N–H and O–H groups in total. The van der Waals surface area contributed by atoms with Crippen molar-refractivity contribution >= 4 is 22.4 Å². The zero-order valence-electron chi connectivity index (χ0n) is 11.8. The van der Waals surface area contributed by atoms with Crippen molar-refractivity contribution in [1.29, 1.82) is 0 Å². The topological polar surface area (TPSA) is 54.5 Å². The maximum atomic E-state index is 12.1. The highest BCUT2D eigenvalue weighted by Gasteiger charge is 2.28. The molecule has 5 nitrogen and oxygen atoms in total. The highest BCUT2D eigenvalue weighted by atomic mass is 32.1. The molecule has 1 fully saturated rings. The molecule has 0 bridgehead atoms. The summed E-state index contributed by atoms with van der Waals surface area (Å²) in [7, 11) is 0. The number of aromatic nitrogens is 1. The van der Waals surface area contributed by atoms with Crippen LogP contribution in [0.15, 0.2) is 35.8 Å². The molecular weight excluding hydrogens is 286 g/mol. The summed E-state index contributed by atoms with van der Waals surface area (Å²) in [5.41, 5.74) is 1.10. The fourth-order valence-electron chi connectivity index (χ4n) is 2.24. The summed E-state index contributed by atoms with van der Waals surface area (Å²) in [5.74, 6) is 0.617. The Labute approximate surface area is 127 Å². The predicted octanol–water partition coefficient (Wildman–Crippen LogP) is 3.14. The molecule has 21 heavy (non-hydrogen) atoms. The lowest BCUT2D eigenvalue weighted by Crippen LogP contribution is -2.34. The molecule has 0 radical (unpaired) electrons. The number of nitrogens with zero attached hydrogens (tertiary/aromatic N) is 2. The minimum absolute atomic E-state index is 0.00860. The van der Waals surface area contributed by atoms with Gasteiger partial charge in [0.2, 0.25) is 5.88 Å². The van der Waals surface area contributed by atoms with Crippen LogP contribution in [0.2, 0.25) is 0 Å². The van der Waals surface area contributed by atoms with Crippen molar-refractivity contribution in [3.63, 3.8) is 0 Å². The number of hydrogen-bond acceptors (Lipinski definition) is 4. The number of likely N-dealkylation sites (tertiary alicyclic amines) is 1. The number of amides is 2. The normalized spacial score (nSPS) is 17.8. The highest BCUT2D eigenvalue weighted by Crippen LogP contribution is 2.19. The van der Waals surface area contributed by atoms with Crippen LogP contribution >= 0.6 is 11.3 Å². The van der Waals surface area contributed by atoms with Crippen molar-refractivity contribution in [3.05, 3.63) is 41.4 Å². The van der Waals surface area contributed by atoms with Crippen LogP contribution in [0.4, 0.5) is 9.80 Å². The Bertz CT molecular complexity index is 598. The van der Waals surface area contributed by atoms with Gasteiger partial charge in [-0.1, -0.05) is 6.07 Å². The van der Waals surface area contributed by atoms with Gasteiger partial charge in [-0.2, -0.15) is 0 Å². The van der Waals surface area contributed by atoms with E-state index in [2.05, 4.69) is 10.3 Å². The van der Waals surface area contributed by atoms with Crippen molar-refractivity contribution in [2.75, 3.05) is 18.4 Å². The van der Waals surface area contributed by atoms with E-state index in [1.54, 1.807) is 11.1 Å². The number of pyridine rings is 1. The molecule has 110 valence electrons. The molecule has 1 aliphatic heterocycles. The van der Waals surface area contributed by atoms with Crippen LogP contribution in [0, 0.1) is 6.92 Å². The first-order valence-electron chi connectivity index (χ1n) is 6.89. The molecule has 1 aliphatic rings. The average molecular weight is 303 g/mol. The fourth-order valence-corrected chi connectivity index (χ4v) is 2.84. The number of nitrogens with one attached hydrogen (secondary N) is 1. The van der Waals surface area contributed by atoms with Gasteiger partial charge in [-0.15, -0.1) is 11.3 Å². The summed E-state index contributed by atoms with van der Waals surface area (Å²) in [4.78, 5) is 18.1. The van der Waals surface area contributed by atoms with Crippen molar-refractivity contribution in [1.82, 2.24) is 9.88 Å². The average Bonchev–Trinajstić information content (AvgIpc) is 3.13. The molecule has 3 heterocycles. The van der Waals surface area contributed by atoms with Gasteiger partial charge in [0.1, 0.15) is 6.10 Å². The van der Waals surface area contributed by atoms with Crippen LogP contribution in [0.3, 0.4) is 0 Å². The lowest BCUT2D eigenvalue weighted by Gasteiger charge is -2.17. The Morgan fingerprint density at radius 3 is 3.10 bits per heavy atom. The van der Waals surface area contributed by atoms with Gasteiger partial charge in [-0.3, -0.25) is 5.32 Å². The summed E-state index contributed by atoms with van der Waals surface area (Å²) in [6.45, 7) is 3.28. The summed E-state index contributed by atoms with van der Waals surface area (Å²) in [6.07, 6.45) is 2.62. The van der Waals surface area contributed by atoms with Gasteiger partial charge < -0.3 is 9.64 Å². The van der Waals surface area contributed by atoms with Gasteiger partial charge in [0.05, 0.1) is 11.5 Å². The molecule has 0 aromatic carbocycles. The predicted molar refractivity (Wildman–Crippen MR) is 82.9 cm³/mol. The third kappa shape index (κ3) is 3.52.